The highest BCUT2D eigenvalue weighted by Crippen LogP contribution is 2.33. The second-order valence-corrected chi connectivity index (χ2v) is 5.24. The smallest absolute Gasteiger partial charge is 0.295 e. The Labute approximate surface area is 112 Å². The number of hydrogen-bond donors (Lipinski definition) is 2. The number of para-hydroxylation sites is 1. The zero-order valence-corrected chi connectivity index (χ0v) is 11.1. The molecule has 1 fully saturated rings. The molecule has 0 heterocycles. The van der Waals surface area contributed by atoms with Crippen LogP contribution in [0.25, 0.3) is 0 Å². The first kappa shape index (κ1) is 13.8. The number of rotatable bonds is 5. The molecule has 0 bridgehead atoms. The van der Waals surface area contributed by atoms with Gasteiger partial charge in [0, 0.05) is 18.7 Å². The summed E-state index contributed by atoms with van der Waals surface area (Å²) in [5, 5.41) is 23.6. The van der Waals surface area contributed by atoms with E-state index in [1.54, 1.807) is 19.1 Å². The van der Waals surface area contributed by atoms with E-state index in [4.69, 9.17) is 0 Å². The minimum absolute atomic E-state index is 0.154. The Morgan fingerprint density at radius 2 is 2.16 bits per heavy atom. The molecule has 0 aliphatic heterocycles. The molecule has 5 heteroatoms. The average molecular weight is 264 g/mol. The molecule has 2 unspecified atom stereocenters. The number of aliphatic hydroxyl groups excluding tert-OH is 1. The zero-order chi connectivity index (χ0) is 13.8. The predicted octanol–water partition coefficient (Wildman–Crippen LogP) is 2.72. The summed E-state index contributed by atoms with van der Waals surface area (Å²) in [5.41, 5.74) is 1.40. The van der Waals surface area contributed by atoms with Gasteiger partial charge in [-0.15, -0.1) is 0 Å². The summed E-state index contributed by atoms with van der Waals surface area (Å²) in [5.74, 6) is 0.737. The largest absolute Gasteiger partial charge is 0.396 e. The van der Waals surface area contributed by atoms with Crippen LogP contribution in [0.5, 0.6) is 0 Å². The van der Waals surface area contributed by atoms with E-state index in [9.17, 15) is 15.2 Å². The van der Waals surface area contributed by atoms with Crippen molar-refractivity contribution < 1.29 is 10.0 Å². The maximum Gasteiger partial charge on any atom is 0.295 e. The van der Waals surface area contributed by atoms with E-state index < -0.39 is 0 Å². The first-order chi connectivity index (χ1) is 9.13. The van der Waals surface area contributed by atoms with Crippen LogP contribution in [0.3, 0.4) is 0 Å². The van der Waals surface area contributed by atoms with Gasteiger partial charge in [-0.2, -0.15) is 0 Å². The number of nitro benzene ring substituents is 1. The number of anilines is 1. The van der Waals surface area contributed by atoms with E-state index in [2.05, 4.69) is 5.32 Å². The second-order valence-electron chi connectivity index (χ2n) is 5.24. The molecule has 104 valence electrons. The third-order valence-electron chi connectivity index (χ3n) is 4.03. The molecule has 1 aromatic rings. The summed E-state index contributed by atoms with van der Waals surface area (Å²) in [6, 6.07) is 5.31. The lowest BCUT2D eigenvalue weighted by atomic mass is 9.97. The number of aliphatic hydroxyl groups is 1. The van der Waals surface area contributed by atoms with Crippen molar-refractivity contribution in [3.63, 3.8) is 0 Å². The van der Waals surface area contributed by atoms with Gasteiger partial charge in [0.05, 0.1) is 4.92 Å². The summed E-state index contributed by atoms with van der Waals surface area (Å²) in [6.45, 7) is 2.65. The van der Waals surface area contributed by atoms with Gasteiger partial charge in [0.2, 0.25) is 0 Å². The molecule has 1 saturated carbocycles. The third kappa shape index (κ3) is 3.04. The summed E-state index contributed by atoms with van der Waals surface area (Å²) >= 11 is 0. The standard InChI is InChI=1S/C14H20N2O3/c1-10-4-2-7-13(14(10)16(18)19)15-8-11-5-3-6-12(11)9-17/h2,4,7,11-12,15,17H,3,5-6,8-9H2,1H3. The van der Waals surface area contributed by atoms with Crippen molar-refractivity contribution in [1.29, 1.82) is 0 Å². The Kier molecular flexibility index (Phi) is 4.37. The molecular formula is C14H20N2O3. The summed E-state index contributed by atoms with van der Waals surface area (Å²) in [6.07, 6.45) is 3.27. The maximum absolute atomic E-state index is 11.1. The van der Waals surface area contributed by atoms with Gasteiger partial charge in [-0.1, -0.05) is 18.6 Å². The number of nitrogens with zero attached hydrogens (tertiary/aromatic N) is 1. The van der Waals surface area contributed by atoms with Crippen LogP contribution < -0.4 is 5.32 Å². The van der Waals surface area contributed by atoms with Gasteiger partial charge in [0.15, 0.2) is 0 Å². The average Bonchev–Trinajstić information content (AvgIpc) is 2.83. The van der Waals surface area contributed by atoms with Crippen LogP contribution in [0.4, 0.5) is 11.4 Å². The van der Waals surface area contributed by atoms with Gasteiger partial charge >= 0.3 is 0 Å². The summed E-state index contributed by atoms with van der Waals surface area (Å²) in [4.78, 5) is 10.7. The Hall–Kier alpha value is -1.62. The monoisotopic (exact) mass is 264 g/mol. The lowest BCUT2D eigenvalue weighted by Crippen LogP contribution is -2.21. The molecule has 2 atom stereocenters. The molecule has 2 N–H and O–H groups in total. The Morgan fingerprint density at radius 3 is 2.84 bits per heavy atom. The minimum Gasteiger partial charge on any atom is -0.396 e. The fraction of sp³-hybridized carbons (Fsp3) is 0.571. The van der Waals surface area contributed by atoms with Gasteiger partial charge in [0.25, 0.3) is 5.69 Å². The van der Waals surface area contributed by atoms with E-state index in [-0.39, 0.29) is 17.2 Å². The van der Waals surface area contributed by atoms with Crippen molar-refractivity contribution in [3.8, 4) is 0 Å². The lowest BCUT2D eigenvalue weighted by Gasteiger charge is -2.18. The van der Waals surface area contributed by atoms with Crippen LogP contribution in [0.1, 0.15) is 24.8 Å². The molecule has 2 rings (SSSR count). The SMILES string of the molecule is Cc1cccc(NCC2CCCC2CO)c1[N+](=O)[O-]. The number of aryl methyl sites for hydroxylation is 1. The van der Waals surface area contributed by atoms with Gasteiger partial charge in [-0.05, 0) is 37.7 Å². The fourth-order valence-corrected chi connectivity index (χ4v) is 2.91. The van der Waals surface area contributed by atoms with Crippen LogP contribution in [0, 0.1) is 28.9 Å². The number of hydrogen-bond acceptors (Lipinski definition) is 4. The molecule has 0 aromatic heterocycles. The molecule has 0 saturated heterocycles. The lowest BCUT2D eigenvalue weighted by molar-refractivity contribution is -0.384. The fourth-order valence-electron chi connectivity index (χ4n) is 2.91. The van der Waals surface area contributed by atoms with Crippen molar-refractivity contribution in [3.05, 3.63) is 33.9 Å². The Balaban J connectivity index is 2.07. The van der Waals surface area contributed by atoms with Crippen molar-refractivity contribution in [2.75, 3.05) is 18.5 Å². The van der Waals surface area contributed by atoms with E-state index in [1.807, 2.05) is 6.07 Å². The van der Waals surface area contributed by atoms with Crippen LogP contribution >= 0.6 is 0 Å². The van der Waals surface area contributed by atoms with E-state index >= 15 is 0 Å². The van der Waals surface area contributed by atoms with Gasteiger partial charge in [-0.3, -0.25) is 10.1 Å². The summed E-state index contributed by atoms with van der Waals surface area (Å²) < 4.78 is 0. The van der Waals surface area contributed by atoms with E-state index in [1.165, 1.54) is 0 Å². The van der Waals surface area contributed by atoms with Crippen molar-refractivity contribution >= 4 is 11.4 Å². The normalized spacial score (nSPS) is 22.4. The van der Waals surface area contributed by atoms with Crippen LogP contribution in [-0.4, -0.2) is 23.2 Å². The van der Waals surface area contributed by atoms with E-state index in [0.717, 1.165) is 19.3 Å². The highest BCUT2D eigenvalue weighted by Gasteiger charge is 2.27. The number of nitrogens with one attached hydrogen (secondary N) is 1. The molecule has 1 aromatic carbocycles. The van der Waals surface area contributed by atoms with Crippen LogP contribution in [-0.2, 0) is 0 Å². The highest BCUT2D eigenvalue weighted by atomic mass is 16.6. The second kappa shape index (κ2) is 6.02. The Bertz CT molecular complexity index is 462. The van der Waals surface area contributed by atoms with Crippen LogP contribution in [0.2, 0.25) is 0 Å². The first-order valence-corrected chi connectivity index (χ1v) is 6.72. The van der Waals surface area contributed by atoms with Gasteiger partial charge < -0.3 is 10.4 Å². The van der Waals surface area contributed by atoms with Crippen LogP contribution in [0.15, 0.2) is 18.2 Å². The Morgan fingerprint density at radius 1 is 1.42 bits per heavy atom. The van der Waals surface area contributed by atoms with Crippen molar-refractivity contribution in [1.82, 2.24) is 0 Å². The minimum atomic E-state index is -0.337. The van der Waals surface area contributed by atoms with Crippen molar-refractivity contribution in [2.45, 2.75) is 26.2 Å². The highest BCUT2D eigenvalue weighted by molar-refractivity contribution is 5.65. The van der Waals surface area contributed by atoms with Gasteiger partial charge in [0.1, 0.15) is 5.69 Å². The third-order valence-corrected chi connectivity index (χ3v) is 4.03. The molecular weight excluding hydrogens is 244 g/mol. The van der Waals surface area contributed by atoms with Crippen molar-refractivity contribution in [2.24, 2.45) is 11.8 Å². The molecule has 0 spiro atoms. The molecule has 0 amide bonds. The number of benzene rings is 1. The maximum atomic E-state index is 11.1. The topological polar surface area (TPSA) is 75.4 Å². The molecule has 0 radical (unpaired) electrons. The van der Waals surface area contributed by atoms with E-state index in [0.29, 0.717) is 29.6 Å². The number of nitro groups is 1. The molecule has 1 aliphatic carbocycles. The molecule has 19 heavy (non-hydrogen) atoms. The summed E-state index contributed by atoms with van der Waals surface area (Å²) in [7, 11) is 0. The van der Waals surface area contributed by atoms with Gasteiger partial charge in [-0.25, -0.2) is 0 Å². The molecule has 1 aliphatic rings. The zero-order valence-electron chi connectivity index (χ0n) is 11.1. The predicted molar refractivity (Wildman–Crippen MR) is 74.2 cm³/mol. The molecule has 5 nitrogen and oxygen atoms in total. The first-order valence-electron chi connectivity index (χ1n) is 6.72. The quantitative estimate of drug-likeness (QED) is 0.633.